The molecule has 76 valence electrons. The van der Waals surface area contributed by atoms with Crippen LogP contribution in [0.3, 0.4) is 0 Å². The van der Waals surface area contributed by atoms with Gasteiger partial charge in [0, 0.05) is 18.4 Å². The number of pyridine rings is 1. The largest absolute Gasteiger partial charge is 0.466 e. The first kappa shape index (κ1) is 10.7. The number of carbonyl (C=O) groups is 1. The van der Waals surface area contributed by atoms with E-state index < -0.39 is 0 Å². The van der Waals surface area contributed by atoms with Gasteiger partial charge in [0.05, 0.1) is 13.0 Å². The van der Waals surface area contributed by atoms with E-state index in [1.54, 1.807) is 31.5 Å². The first-order valence-corrected chi connectivity index (χ1v) is 4.55. The maximum Gasteiger partial charge on any atom is 0.307 e. The Morgan fingerprint density at radius 2 is 2.21 bits per heavy atom. The smallest absolute Gasteiger partial charge is 0.307 e. The topological polar surface area (TPSA) is 65.2 Å². The van der Waals surface area contributed by atoms with Crippen LogP contribution in [0.15, 0.2) is 24.5 Å². The van der Waals surface area contributed by atoms with Crippen LogP contribution in [-0.2, 0) is 9.53 Å². The summed E-state index contributed by atoms with van der Waals surface area (Å²) in [6, 6.07) is 3.28. The third-order valence-electron chi connectivity index (χ3n) is 1.83. The minimum atomic E-state index is -0.308. The molecule has 2 N–H and O–H groups in total. The highest BCUT2D eigenvalue weighted by atomic mass is 16.5. The third kappa shape index (κ3) is 3.14. The van der Waals surface area contributed by atoms with Crippen molar-refractivity contribution in [1.82, 2.24) is 4.98 Å². The number of hydrogen-bond donors (Lipinski definition) is 1. The fourth-order valence-corrected chi connectivity index (χ4v) is 1.13. The second kappa shape index (κ2) is 5.34. The quantitative estimate of drug-likeness (QED) is 0.727. The SMILES string of the molecule is CCOC(=O)CC(N)c1ccncc1. The predicted molar refractivity (Wildman–Crippen MR) is 52.4 cm³/mol. The minimum absolute atomic E-state index is 0.206. The first-order chi connectivity index (χ1) is 6.74. The molecule has 0 saturated heterocycles. The summed E-state index contributed by atoms with van der Waals surface area (Å²) in [6.07, 6.45) is 3.51. The molecule has 4 nitrogen and oxygen atoms in total. The second-order valence-corrected chi connectivity index (χ2v) is 2.90. The fourth-order valence-electron chi connectivity index (χ4n) is 1.13. The molecule has 1 heterocycles. The summed E-state index contributed by atoms with van der Waals surface area (Å²) in [5.74, 6) is -0.267. The molecular weight excluding hydrogens is 180 g/mol. The van der Waals surface area contributed by atoms with Gasteiger partial charge >= 0.3 is 5.97 Å². The Bertz CT molecular complexity index is 287. The van der Waals surface area contributed by atoms with Gasteiger partial charge in [-0.25, -0.2) is 0 Å². The zero-order valence-corrected chi connectivity index (χ0v) is 8.14. The molecule has 1 aromatic heterocycles. The van der Waals surface area contributed by atoms with Crippen LogP contribution in [0.25, 0.3) is 0 Å². The Balaban J connectivity index is 2.50. The number of esters is 1. The molecule has 1 atom stereocenters. The molecule has 1 aromatic rings. The number of nitrogens with zero attached hydrogens (tertiary/aromatic N) is 1. The lowest BCUT2D eigenvalue weighted by Gasteiger charge is -2.10. The monoisotopic (exact) mass is 194 g/mol. The summed E-state index contributed by atoms with van der Waals surface area (Å²) in [7, 11) is 0. The van der Waals surface area contributed by atoms with Crippen LogP contribution < -0.4 is 5.73 Å². The molecule has 0 spiro atoms. The Morgan fingerprint density at radius 1 is 1.57 bits per heavy atom. The molecule has 0 fully saturated rings. The van der Waals surface area contributed by atoms with E-state index in [-0.39, 0.29) is 18.4 Å². The predicted octanol–water partition coefficient (Wildman–Crippen LogP) is 1.03. The van der Waals surface area contributed by atoms with E-state index in [9.17, 15) is 4.79 Å². The van der Waals surface area contributed by atoms with Crippen molar-refractivity contribution in [1.29, 1.82) is 0 Å². The van der Waals surface area contributed by atoms with Crippen LogP contribution in [0.2, 0.25) is 0 Å². The number of hydrogen-bond acceptors (Lipinski definition) is 4. The first-order valence-electron chi connectivity index (χ1n) is 4.55. The van der Waals surface area contributed by atoms with Crippen molar-refractivity contribution in [2.45, 2.75) is 19.4 Å². The van der Waals surface area contributed by atoms with Gasteiger partial charge in [-0.2, -0.15) is 0 Å². The summed E-state index contributed by atoms with van der Waals surface area (Å²) in [5.41, 5.74) is 6.69. The lowest BCUT2D eigenvalue weighted by atomic mass is 10.1. The molecule has 0 aliphatic carbocycles. The average Bonchev–Trinajstić information content (AvgIpc) is 2.19. The zero-order chi connectivity index (χ0) is 10.4. The van der Waals surface area contributed by atoms with Gasteiger partial charge in [-0.3, -0.25) is 9.78 Å². The minimum Gasteiger partial charge on any atom is -0.466 e. The lowest BCUT2D eigenvalue weighted by Crippen LogP contribution is -2.17. The molecule has 14 heavy (non-hydrogen) atoms. The number of carbonyl (C=O) groups excluding carboxylic acids is 1. The molecule has 0 aliphatic heterocycles. The van der Waals surface area contributed by atoms with E-state index in [4.69, 9.17) is 10.5 Å². The number of ether oxygens (including phenoxy) is 1. The van der Waals surface area contributed by atoms with Gasteiger partial charge in [0.2, 0.25) is 0 Å². The molecular formula is C10H14N2O2. The highest BCUT2D eigenvalue weighted by molar-refractivity contribution is 5.70. The third-order valence-corrected chi connectivity index (χ3v) is 1.83. The molecule has 0 aromatic carbocycles. The van der Waals surface area contributed by atoms with E-state index >= 15 is 0 Å². The van der Waals surface area contributed by atoms with Gasteiger partial charge in [-0.05, 0) is 24.6 Å². The maximum absolute atomic E-state index is 11.1. The van der Waals surface area contributed by atoms with Crippen molar-refractivity contribution >= 4 is 5.97 Å². The highest BCUT2D eigenvalue weighted by Crippen LogP contribution is 2.12. The standard InChI is InChI=1S/C10H14N2O2/c1-2-14-10(13)7-9(11)8-3-5-12-6-4-8/h3-6,9H,2,7,11H2,1H3. The van der Waals surface area contributed by atoms with Crippen LogP contribution in [0, 0.1) is 0 Å². The van der Waals surface area contributed by atoms with Crippen LogP contribution in [0.1, 0.15) is 24.9 Å². The second-order valence-electron chi connectivity index (χ2n) is 2.90. The van der Waals surface area contributed by atoms with Crippen molar-refractivity contribution < 1.29 is 9.53 Å². The normalized spacial score (nSPS) is 12.1. The summed E-state index contributed by atoms with van der Waals surface area (Å²) in [6.45, 7) is 2.16. The van der Waals surface area contributed by atoms with Crippen LogP contribution >= 0.6 is 0 Å². The van der Waals surface area contributed by atoms with E-state index in [1.807, 2.05) is 0 Å². The van der Waals surface area contributed by atoms with E-state index in [0.29, 0.717) is 6.61 Å². The highest BCUT2D eigenvalue weighted by Gasteiger charge is 2.11. The van der Waals surface area contributed by atoms with Gasteiger partial charge in [0.1, 0.15) is 0 Å². The number of nitrogens with two attached hydrogens (primary N) is 1. The van der Waals surface area contributed by atoms with Crippen molar-refractivity contribution in [3.8, 4) is 0 Å². The molecule has 0 saturated carbocycles. The Kier molecular flexibility index (Phi) is 4.07. The van der Waals surface area contributed by atoms with Gasteiger partial charge in [0.25, 0.3) is 0 Å². The van der Waals surface area contributed by atoms with Crippen molar-refractivity contribution in [3.63, 3.8) is 0 Å². The van der Waals surface area contributed by atoms with Crippen molar-refractivity contribution in [3.05, 3.63) is 30.1 Å². The van der Waals surface area contributed by atoms with Gasteiger partial charge in [0.15, 0.2) is 0 Å². The number of aromatic nitrogens is 1. The summed E-state index contributed by atoms with van der Waals surface area (Å²) < 4.78 is 4.80. The fraction of sp³-hybridized carbons (Fsp3) is 0.400. The van der Waals surface area contributed by atoms with Crippen molar-refractivity contribution in [2.75, 3.05) is 6.61 Å². The molecule has 0 amide bonds. The van der Waals surface area contributed by atoms with Crippen LogP contribution in [0.5, 0.6) is 0 Å². The Hall–Kier alpha value is -1.42. The summed E-state index contributed by atoms with van der Waals surface area (Å²) in [5, 5.41) is 0. The van der Waals surface area contributed by atoms with E-state index in [1.165, 1.54) is 0 Å². The van der Waals surface area contributed by atoms with E-state index in [0.717, 1.165) is 5.56 Å². The number of rotatable bonds is 4. The molecule has 0 bridgehead atoms. The lowest BCUT2D eigenvalue weighted by molar-refractivity contribution is -0.143. The summed E-state index contributed by atoms with van der Waals surface area (Å²) in [4.78, 5) is 15.0. The Labute approximate surface area is 83.1 Å². The van der Waals surface area contributed by atoms with Crippen LogP contribution in [0.4, 0.5) is 0 Å². The van der Waals surface area contributed by atoms with Gasteiger partial charge in [-0.15, -0.1) is 0 Å². The molecule has 0 radical (unpaired) electrons. The van der Waals surface area contributed by atoms with E-state index in [2.05, 4.69) is 4.98 Å². The average molecular weight is 194 g/mol. The maximum atomic E-state index is 11.1. The zero-order valence-electron chi connectivity index (χ0n) is 8.14. The van der Waals surface area contributed by atoms with Gasteiger partial charge < -0.3 is 10.5 Å². The Morgan fingerprint density at radius 3 is 2.79 bits per heavy atom. The summed E-state index contributed by atoms with van der Waals surface area (Å²) >= 11 is 0. The molecule has 1 unspecified atom stereocenters. The molecule has 4 heteroatoms. The van der Waals surface area contributed by atoms with Crippen molar-refractivity contribution in [2.24, 2.45) is 5.73 Å². The molecule has 0 aliphatic rings. The molecule has 1 rings (SSSR count). The van der Waals surface area contributed by atoms with Gasteiger partial charge in [-0.1, -0.05) is 0 Å². The van der Waals surface area contributed by atoms with Crippen LogP contribution in [-0.4, -0.2) is 17.6 Å².